The van der Waals surface area contributed by atoms with Crippen LogP contribution in [0.2, 0.25) is 0 Å². The summed E-state index contributed by atoms with van der Waals surface area (Å²) in [4.78, 5) is 36.7. The highest BCUT2D eigenvalue weighted by molar-refractivity contribution is 7.15. The number of rotatable bonds is 3. The van der Waals surface area contributed by atoms with Gasteiger partial charge in [0.25, 0.3) is 5.91 Å². The summed E-state index contributed by atoms with van der Waals surface area (Å²) in [5.41, 5.74) is 1.49. The molecule has 2 atom stereocenters. The van der Waals surface area contributed by atoms with Gasteiger partial charge in [0.2, 0.25) is 5.91 Å². The van der Waals surface area contributed by atoms with E-state index in [1.54, 1.807) is 18.3 Å². The molecule has 0 radical (unpaired) electrons. The van der Waals surface area contributed by atoms with E-state index in [1.807, 2.05) is 39.6 Å². The highest BCUT2D eigenvalue weighted by Crippen LogP contribution is 2.23. The van der Waals surface area contributed by atoms with Crippen LogP contribution in [0.15, 0.2) is 11.6 Å². The second-order valence-corrected chi connectivity index (χ2v) is 8.94. The first-order chi connectivity index (χ1) is 13.9. The molecule has 2 saturated heterocycles. The van der Waals surface area contributed by atoms with Crippen molar-refractivity contribution in [1.82, 2.24) is 24.1 Å². The summed E-state index contributed by atoms with van der Waals surface area (Å²) in [6.45, 7) is 10.7. The molecule has 2 fully saturated rings. The first kappa shape index (κ1) is 20.3. The minimum absolute atomic E-state index is 0.0157. The fraction of sp³-hybridized carbons (Fsp3) is 0.650. The lowest BCUT2D eigenvalue weighted by atomic mass is 10.2. The Morgan fingerprint density at radius 2 is 1.90 bits per heavy atom. The Hall–Kier alpha value is -1.97. The van der Waals surface area contributed by atoms with Crippen LogP contribution in [0.25, 0.3) is 4.96 Å². The molecule has 2 aliphatic rings. The average Bonchev–Trinajstić information content (AvgIpc) is 3.16. The van der Waals surface area contributed by atoms with Gasteiger partial charge in [-0.05, 0) is 20.3 Å². The lowest BCUT2D eigenvalue weighted by Gasteiger charge is -2.35. The molecule has 0 aromatic carbocycles. The summed E-state index contributed by atoms with van der Waals surface area (Å²) < 4.78 is 7.82. The highest BCUT2D eigenvalue weighted by Gasteiger charge is 2.31. The molecule has 0 unspecified atom stereocenters. The van der Waals surface area contributed by atoms with Crippen LogP contribution in [-0.4, -0.2) is 87.4 Å². The third kappa shape index (κ3) is 4.31. The largest absolute Gasteiger partial charge is 0.372 e. The molecule has 29 heavy (non-hydrogen) atoms. The van der Waals surface area contributed by atoms with Crippen molar-refractivity contribution in [2.75, 3.05) is 39.3 Å². The van der Waals surface area contributed by atoms with E-state index in [-0.39, 0.29) is 24.0 Å². The first-order valence-corrected chi connectivity index (χ1v) is 11.2. The van der Waals surface area contributed by atoms with Gasteiger partial charge in [-0.3, -0.25) is 18.9 Å². The molecule has 8 nitrogen and oxygen atoms in total. The van der Waals surface area contributed by atoms with Gasteiger partial charge in [0.15, 0.2) is 10.7 Å². The molecule has 4 rings (SSSR count). The Morgan fingerprint density at radius 1 is 1.14 bits per heavy atom. The standard InChI is InChI=1S/C20H29N5O3S/c1-14-11-24(12-15(2)28-14)19(27)18-17(25-9-10-29-20(25)21-18)13-22-5-4-6-23(8-7-22)16(3)26/h9-10,14-15H,4-8,11-13H2,1-3H3/t14-,15+. The van der Waals surface area contributed by atoms with Crippen molar-refractivity contribution in [2.24, 2.45) is 0 Å². The molecule has 2 aromatic heterocycles. The van der Waals surface area contributed by atoms with E-state index in [4.69, 9.17) is 4.74 Å². The number of thiazole rings is 1. The number of carbonyl (C=O) groups is 2. The Morgan fingerprint density at radius 3 is 2.62 bits per heavy atom. The number of imidazole rings is 1. The van der Waals surface area contributed by atoms with Gasteiger partial charge >= 0.3 is 0 Å². The van der Waals surface area contributed by atoms with Crippen molar-refractivity contribution >= 4 is 28.1 Å². The van der Waals surface area contributed by atoms with Crippen LogP contribution in [-0.2, 0) is 16.1 Å². The monoisotopic (exact) mass is 419 g/mol. The topological polar surface area (TPSA) is 70.4 Å². The van der Waals surface area contributed by atoms with Crippen molar-refractivity contribution in [3.8, 4) is 0 Å². The molecule has 0 bridgehead atoms. The van der Waals surface area contributed by atoms with Crippen molar-refractivity contribution in [3.05, 3.63) is 23.0 Å². The SMILES string of the molecule is CC(=O)N1CCCN(Cc2c(C(=O)N3C[C@@H](C)O[C@@H](C)C3)nc3sccn23)CC1. The number of hydrogen-bond donors (Lipinski definition) is 0. The quantitative estimate of drug-likeness (QED) is 0.757. The summed E-state index contributed by atoms with van der Waals surface area (Å²) >= 11 is 1.54. The number of morpholine rings is 1. The van der Waals surface area contributed by atoms with E-state index >= 15 is 0 Å². The van der Waals surface area contributed by atoms with Crippen molar-refractivity contribution in [3.63, 3.8) is 0 Å². The van der Waals surface area contributed by atoms with Crippen LogP contribution in [0, 0.1) is 0 Å². The van der Waals surface area contributed by atoms with E-state index in [9.17, 15) is 9.59 Å². The molecule has 2 amide bonds. The molecule has 2 aromatic rings. The number of carbonyl (C=O) groups excluding carboxylic acids is 2. The van der Waals surface area contributed by atoms with Gasteiger partial charge in [0.1, 0.15) is 0 Å². The average molecular weight is 420 g/mol. The maximum absolute atomic E-state index is 13.4. The van der Waals surface area contributed by atoms with Crippen LogP contribution in [0.1, 0.15) is 43.4 Å². The lowest BCUT2D eigenvalue weighted by Crippen LogP contribution is -2.48. The second-order valence-electron chi connectivity index (χ2n) is 8.07. The third-order valence-corrected chi connectivity index (χ3v) is 6.43. The Bertz CT molecular complexity index is 884. The highest BCUT2D eigenvalue weighted by atomic mass is 32.1. The second kappa shape index (κ2) is 8.41. The van der Waals surface area contributed by atoms with Crippen LogP contribution in [0.4, 0.5) is 0 Å². The van der Waals surface area contributed by atoms with Gasteiger partial charge in [-0.2, -0.15) is 0 Å². The normalized spacial score (nSPS) is 24.1. The molecular formula is C20H29N5O3S. The minimum atomic E-state index is -0.0157. The van der Waals surface area contributed by atoms with Crippen LogP contribution >= 0.6 is 11.3 Å². The van der Waals surface area contributed by atoms with Crippen molar-refractivity contribution < 1.29 is 14.3 Å². The Balaban J connectivity index is 1.57. The zero-order valence-electron chi connectivity index (χ0n) is 17.3. The van der Waals surface area contributed by atoms with Gasteiger partial charge in [0.05, 0.1) is 17.9 Å². The number of ether oxygens (including phenoxy) is 1. The van der Waals surface area contributed by atoms with E-state index in [0.717, 1.165) is 43.3 Å². The maximum Gasteiger partial charge on any atom is 0.274 e. The molecule has 0 saturated carbocycles. The molecule has 0 aliphatic carbocycles. The van der Waals surface area contributed by atoms with Gasteiger partial charge in [-0.15, -0.1) is 11.3 Å². The van der Waals surface area contributed by atoms with E-state index in [2.05, 4.69) is 9.88 Å². The first-order valence-electron chi connectivity index (χ1n) is 10.3. The summed E-state index contributed by atoms with van der Waals surface area (Å²) in [5, 5.41) is 2.00. The van der Waals surface area contributed by atoms with Crippen molar-refractivity contribution in [1.29, 1.82) is 0 Å². The molecular weight excluding hydrogens is 390 g/mol. The van der Waals surface area contributed by atoms with Gasteiger partial charge in [-0.25, -0.2) is 4.98 Å². The number of hydrogen-bond acceptors (Lipinski definition) is 6. The number of amides is 2. The lowest BCUT2D eigenvalue weighted by molar-refractivity contribution is -0.128. The molecule has 9 heteroatoms. The fourth-order valence-corrected chi connectivity index (χ4v) is 5.04. The predicted octanol–water partition coefficient (Wildman–Crippen LogP) is 1.70. The Kier molecular flexibility index (Phi) is 5.89. The molecule has 158 valence electrons. The smallest absolute Gasteiger partial charge is 0.274 e. The zero-order valence-corrected chi connectivity index (χ0v) is 18.2. The molecule has 0 N–H and O–H groups in total. The van der Waals surface area contributed by atoms with Crippen LogP contribution in [0.3, 0.4) is 0 Å². The van der Waals surface area contributed by atoms with Crippen LogP contribution < -0.4 is 0 Å². The van der Waals surface area contributed by atoms with E-state index < -0.39 is 0 Å². The summed E-state index contributed by atoms with van der Waals surface area (Å²) in [6, 6.07) is 0. The summed E-state index contributed by atoms with van der Waals surface area (Å²) in [6.07, 6.45) is 2.98. The van der Waals surface area contributed by atoms with Gasteiger partial charge in [0, 0.05) is 64.3 Å². The molecule has 4 heterocycles. The van der Waals surface area contributed by atoms with E-state index in [1.165, 1.54) is 0 Å². The van der Waals surface area contributed by atoms with Gasteiger partial charge in [-0.1, -0.05) is 0 Å². The molecule has 0 spiro atoms. The van der Waals surface area contributed by atoms with Crippen LogP contribution in [0.5, 0.6) is 0 Å². The third-order valence-electron chi connectivity index (χ3n) is 5.68. The summed E-state index contributed by atoms with van der Waals surface area (Å²) in [5.74, 6) is 0.112. The van der Waals surface area contributed by atoms with Crippen molar-refractivity contribution in [2.45, 2.75) is 45.9 Å². The zero-order chi connectivity index (χ0) is 20.5. The fourth-order valence-electron chi connectivity index (χ4n) is 4.30. The Labute approximate surface area is 175 Å². The molecule has 2 aliphatic heterocycles. The predicted molar refractivity (Wildman–Crippen MR) is 111 cm³/mol. The summed E-state index contributed by atoms with van der Waals surface area (Å²) in [7, 11) is 0. The number of aromatic nitrogens is 2. The maximum atomic E-state index is 13.4. The number of nitrogens with zero attached hydrogens (tertiary/aromatic N) is 5. The minimum Gasteiger partial charge on any atom is -0.372 e. The number of fused-ring (bicyclic) bond motifs is 1. The van der Waals surface area contributed by atoms with Gasteiger partial charge < -0.3 is 14.5 Å². The van der Waals surface area contributed by atoms with E-state index in [0.29, 0.717) is 25.3 Å².